The van der Waals surface area contributed by atoms with Crippen molar-refractivity contribution >= 4 is 45.6 Å². The number of ether oxygens (including phenoxy) is 1. The van der Waals surface area contributed by atoms with Crippen molar-refractivity contribution < 1.29 is 19.4 Å². The molecule has 35 heavy (non-hydrogen) atoms. The number of ketones is 1. The molecule has 5 rings (SSSR count). The molecule has 0 radical (unpaired) electrons. The van der Waals surface area contributed by atoms with Crippen molar-refractivity contribution in [2.75, 3.05) is 11.5 Å². The molecule has 4 aromatic rings. The van der Waals surface area contributed by atoms with Gasteiger partial charge in [0.05, 0.1) is 23.2 Å². The molecule has 176 valence electrons. The summed E-state index contributed by atoms with van der Waals surface area (Å²) in [5.41, 5.74) is 3.44. The molecule has 1 aromatic heterocycles. The summed E-state index contributed by atoms with van der Waals surface area (Å²) in [5.74, 6) is -1.36. The standard InChI is InChI=1S/C28H23ClN2O4/c1-3-35-23-14-17(11-12-21(23)29)26(32)24-25(20-15-30-22-10-5-4-9-19(20)22)31(28(34)27(24)33)18-8-6-7-16(2)13-18/h4-15,25,30,32H,3H2,1-2H3/b26-24+. The maximum atomic E-state index is 13.4. The van der Waals surface area contributed by atoms with Gasteiger partial charge in [-0.2, -0.15) is 0 Å². The number of carbonyl (C=O) groups excluding carboxylic acids is 2. The van der Waals surface area contributed by atoms with E-state index in [2.05, 4.69) is 4.98 Å². The molecule has 1 atom stereocenters. The van der Waals surface area contributed by atoms with E-state index in [4.69, 9.17) is 16.3 Å². The van der Waals surface area contributed by atoms with E-state index in [0.29, 0.717) is 34.2 Å². The first-order valence-electron chi connectivity index (χ1n) is 11.3. The van der Waals surface area contributed by atoms with Crippen LogP contribution in [-0.4, -0.2) is 28.4 Å². The fraction of sp³-hybridized carbons (Fsp3) is 0.143. The molecular formula is C28H23ClN2O4. The van der Waals surface area contributed by atoms with E-state index in [0.717, 1.165) is 16.5 Å². The predicted octanol–water partition coefficient (Wildman–Crippen LogP) is 6.15. The molecular weight excluding hydrogens is 464 g/mol. The Morgan fingerprint density at radius 2 is 1.89 bits per heavy atom. The quantitative estimate of drug-likeness (QED) is 0.201. The van der Waals surface area contributed by atoms with Crippen molar-refractivity contribution in [1.29, 1.82) is 0 Å². The smallest absolute Gasteiger partial charge is 0.300 e. The lowest BCUT2D eigenvalue weighted by molar-refractivity contribution is -0.132. The molecule has 0 bridgehead atoms. The van der Waals surface area contributed by atoms with Crippen LogP contribution in [0.25, 0.3) is 16.7 Å². The number of hydrogen-bond donors (Lipinski definition) is 2. The van der Waals surface area contributed by atoms with Crippen molar-refractivity contribution in [3.8, 4) is 5.75 Å². The van der Waals surface area contributed by atoms with E-state index in [-0.39, 0.29) is 11.3 Å². The van der Waals surface area contributed by atoms with Crippen LogP contribution in [-0.2, 0) is 9.59 Å². The summed E-state index contributed by atoms with van der Waals surface area (Å²) >= 11 is 6.23. The van der Waals surface area contributed by atoms with E-state index in [1.807, 2.05) is 56.3 Å². The zero-order valence-electron chi connectivity index (χ0n) is 19.2. The van der Waals surface area contributed by atoms with Crippen molar-refractivity contribution in [2.45, 2.75) is 19.9 Å². The molecule has 2 heterocycles. The van der Waals surface area contributed by atoms with E-state index in [9.17, 15) is 14.7 Å². The average molecular weight is 487 g/mol. The Balaban J connectivity index is 1.76. The molecule has 0 spiro atoms. The van der Waals surface area contributed by atoms with Gasteiger partial charge in [-0.15, -0.1) is 0 Å². The number of H-pyrrole nitrogens is 1. The Bertz CT molecular complexity index is 1500. The summed E-state index contributed by atoms with van der Waals surface area (Å²) < 4.78 is 5.57. The highest BCUT2D eigenvalue weighted by Gasteiger charge is 2.47. The Morgan fingerprint density at radius 1 is 1.09 bits per heavy atom. The van der Waals surface area contributed by atoms with Crippen molar-refractivity contribution in [3.05, 3.63) is 100 Å². The van der Waals surface area contributed by atoms with Gasteiger partial charge < -0.3 is 14.8 Å². The highest BCUT2D eigenvalue weighted by molar-refractivity contribution is 6.52. The minimum absolute atomic E-state index is 0.00558. The molecule has 1 saturated heterocycles. The number of aliphatic hydroxyl groups excluding tert-OH is 1. The molecule has 1 fully saturated rings. The number of fused-ring (bicyclic) bond motifs is 1. The first kappa shape index (κ1) is 22.7. The van der Waals surface area contributed by atoms with Crippen LogP contribution in [0.2, 0.25) is 5.02 Å². The summed E-state index contributed by atoms with van der Waals surface area (Å²) in [7, 11) is 0. The van der Waals surface area contributed by atoms with Crippen LogP contribution >= 0.6 is 11.6 Å². The lowest BCUT2D eigenvalue weighted by Gasteiger charge is -2.25. The molecule has 2 N–H and O–H groups in total. The van der Waals surface area contributed by atoms with E-state index < -0.39 is 17.7 Å². The number of rotatable bonds is 5. The SMILES string of the molecule is CCOc1cc(/C(O)=C2\C(=O)C(=O)N(c3cccc(C)c3)C2c2c[nH]c3ccccc23)ccc1Cl. The number of amides is 1. The Morgan fingerprint density at radius 3 is 2.66 bits per heavy atom. The van der Waals surface area contributed by atoms with Crippen LogP contribution in [0.15, 0.2) is 78.5 Å². The molecule has 7 heteroatoms. The summed E-state index contributed by atoms with van der Waals surface area (Å²) in [6.07, 6.45) is 1.78. The molecule has 3 aromatic carbocycles. The first-order chi connectivity index (χ1) is 16.9. The van der Waals surface area contributed by atoms with Crippen LogP contribution in [0.5, 0.6) is 5.75 Å². The molecule has 1 aliphatic heterocycles. The van der Waals surface area contributed by atoms with Gasteiger partial charge in [-0.05, 0) is 55.8 Å². The normalized spacial score (nSPS) is 17.3. The number of anilines is 1. The third-order valence-corrected chi connectivity index (χ3v) is 6.46. The third kappa shape index (κ3) is 3.86. The van der Waals surface area contributed by atoms with Crippen molar-refractivity contribution in [1.82, 2.24) is 4.98 Å². The second-order valence-corrected chi connectivity index (χ2v) is 8.78. The fourth-order valence-corrected chi connectivity index (χ4v) is 4.74. The molecule has 0 saturated carbocycles. The predicted molar refractivity (Wildman–Crippen MR) is 137 cm³/mol. The monoisotopic (exact) mass is 486 g/mol. The number of carbonyl (C=O) groups is 2. The number of Topliss-reactive ketones (excluding diaryl/α,β-unsaturated/α-hetero) is 1. The zero-order valence-corrected chi connectivity index (χ0v) is 20.0. The lowest BCUT2D eigenvalue weighted by atomic mass is 9.94. The number of aromatic amines is 1. The topological polar surface area (TPSA) is 82.6 Å². The van der Waals surface area contributed by atoms with Crippen LogP contribution < -0.4 is 9.64 Å². The second kappa shape index (κ2) is 8.96. The number of nitrogens with zero attached hydrogens (tertiary/aromatic N) is 1. The number of benzene rings is 3. The molecule has 0 aliphatic carbocycles. The zero-order chi connectivity index (χ0) is 24.7. The minimum atomic E-state index is -0.834. The third-order valence-electron chi connectivity index (χ3n) is 6.14. The lowest BCUT2D eigenvalue weighted by Crippen LogP contribution is -2.29. The van der Waals surface area contributed by atoms with Gasteiger partial charge in [-0.3, -0.25) is 14.5 Å². The first-order valence-corrected chi connectivity index (χ1v) is 11.6. The number of halogens is 1. The Kier molecular flexibility index (Phi) is 5.83. The Labute approximate surface area is 207 Å². The number of nitrogens with one attached hydrogen (secondary N) is 1. The summed E-state index contributed by atoms with van der Waals surface area (Å²) in [5, 5.41) is 12.7. The maximum absolute atomic E-state index is 13.4. The van der Waals surface area contributed by atoms with E-state index >= 15 is 0 Å². The maximum Gasteiger partial charge on any atom is 0.300 e. The van der Waals surface area contributed by atoms with Gasteiger partial charge in [0.1, 0.15) is 11.5 Å². The highest BCUT2D eigenvalue weighted by Crippen LogP contribution is 2.44. The van der Waals surface area contributed by atoms with Gasteiger partial charge in [0.2, 0.25) is 0 Å². The number of aryl methyl sites for hydroxylation is 1. The van der Waals surface area contributed by atoms with E-state index in [1.54, 1.807) is 30.5 Å². The Hall–Kier alpha value is -4.03. The second-order valence-electron chi connectivity index (χ2n) is 8.38. The van der Waals surface area contributed by atoms with Crippen molar-refractivity contribution in [3.63, 3.8) is 0 Å². The molecule has 1 aliphatic rings. The van der Waals surface area contributed by atoms with Crippen LogP contribution in [0.1, 0.15) is 29.7 Å². The van der Waals surface area contributed by atoms with Crippen LogP contribution in [0.3, 0.4) is 0 Å². The summed E-state index contributed by atoms with van der Waals surface area (Å²) in [6.45, 7) is 4.13. The van der Waals surface area contributed by atoms with Gasteiger partial charge in [-0.1, -0.05) is 41.9 Å². The van der Waals surface area contributed by atoms with Gasteiger partial charge in [0, 0.05) is 33.9 Å². The summed E-state index contributed by atoms with van der Waals surface area (Å²) in [4.78, 5) is 31.5. The number of aromatic nitrogens is 1. The molecule has 1 unspecified atom stereocenters. The van der Waals surface area contributed by atoms with Gasteiger partial charge in [0.15, 0.2) is 0 Å². The van der Waals surface area contributed by atoms with Gasteiger partial charge >= 0.3 is 0 Å². The summed E-state index contributed by atoms with van der Waals surface area (Å²) in [6, 6.07) is 19.0. The largest absolute Gasteiger partial charge is 0.507 e. The van der Waals surface area contributed by atoms with Crippen LogP contribution in [0, 0.1) is 6.92 Å². The fourth-order valence-electron chi connectivity index (χ4n) is 4.56. The van der Waals surface area contributed by atoms with Gasteiger partial charge in [-0.25, -0.2) is 0 Å². The number of para-hydroxylation sites is 1. The molecule has 1 amide bonds. The number of hydrogen-bond acceptors (Lipinski definition) is 4. The van der Waals surface area contributed by atoms with Crippen molar-refractivity contribution in [2.24, 2.45) is 0 Å². The van der Waals surface area contributed by atoms with Gasteiger partial charge in [0.25, 0.3) is 11.7 Å². The average Bonchev–Trinajstić information content (AvgIpc) is 3.39. The van der Waals surface area contributed by atoms with Crippen LogP contribution in [0.4, 0.5) is 5.69 Å². The van der Waals surface area contributed by atoms with E-state index in [1.165, 1.54) is 4.90 Å². The minimum Gasteiger partial charge on any atom is -0.507 e. The molecule has 6 nitrogen and oxygen atoms in total. The highest BCUT2D eigenvalue weighted by atomic mass is 35.5. The number of aliphatic hydroxyl groups is 1.